The Morgan fingerprint density at radius 1 is 0.611 bits per heavy atom. The molecule has 0 radical (unpaired) electrons. The predicted octanol–water partition coefficient (Wildman–Crippen LogP) is 12.3. The van der Waals surface area contributed by atoms with Gasteiger partial charge in [0.25, 0.3) is 0 Å². The molecule has 6 nitrogen and oxygen atoms in total. The molecule has 1 heterocycles. The molecule has 5 aromatic carbocycles. The zero-order valence-corrected chi connectivity index (χ0v) is 37.2. The number of rotatable bonds is 12. The van der Waals surface area contributed by atoms with Crippen molar-refractivity contribution in [1.82, 2.24) is 0 Å². The second-order valence-electron chi connectivity index (χ2n) is 13.0. The third-order valence-electron chi connectivity index (χ3n) is 9.15. The summed E-state index contributed by atoms with van der Waals surface area (Å²) in [5.41, 5.74) is 7.17. The zero-order chi connectivity index (χ0) is 38.7. The minimum Gasteiger partial charge on any atom is -0.494 e. The molecule has 0 N–H and O–H groups in total. The molecular weight excluding hydrogens is 940 g/mol. The maximum absolute atomic E-state index is 14.4. The SMILES string of the molecule is CCOc1ccc(/C(=C/C2(/C=C(/c3ccc(OCC)cc3)c3ccccc3N(C)C)OC(=O)c3c(Br)c(Br)c(Br)c(Br)c32)c2ccccc2N(C)C)cc1. The van der Waals surface area contributed by atoms with Crippen LogP contribution in [-0.4, -0.2) is 47.4 Å². The highest BCUT2D eigenvalue weighted by Gasteiger charge is 2.48. The van der Waals surface area contributed by atoms with E-state index in [4.69, 9.17) is 14.2 Å². The van der Waals surface area contributed by atoms with Crippen LogP contribution in [0.5, 0.6) is 11.5 Å². The van der Waals surface area contributed by atoms with Crippen molar-refractivity contribution in [3.8, 4) is 11.5 Å². The fraction of sp³-hybridized carbons (Fsp3) is 0.205. The number of halogens is 4. The van der Waals surface area contributed by atoms with E-state index < -0.39 is 11.6 Å². The number of hydrogen-bond acceptors (Lipinski definition) is 6. The summed E-state index contributed by atoms with van der Waals surface area (Å²) in [6.07, 6.45) is 4.16. The average molecular weight is 980 g/mol. The second kappa shape index (κ2) is 16.9. The van der Waals surface area contributed by atoms with Crippen LogP contribution >= 0.6 is 63.7 Å². The van der Waals surface area contributed by atoms with Crippen molar-refractivity contribution in [1.29, 1.82) is 0 Å². The van der Waals surface area contributed by atoms with E-state index in [1.165, 1.54) is 0 Å². The number of nitrogens with zero attached hydrogens (tertiary/aromatic N) is 2. The van der Waals surface area contributed by atoms with E-state index in [2.05, 4.69) is 134 Å². The monoisotopic (exact) mass is 976 g/mol. The number of cyclic esters (lactones) is 1. The van der Waals surface area contributed by atoms with Crippen LogP contribution in [0.15, 0.2) is 127 Å². The summed E-state index contributed by atoms with van der Waals surface area (Å²) in [5, 5.41) is 0. The van der Waals surface area contributed by atoms with E-state index in [1.54, 1.807) is 0 Å². The topological polar surface area (TPSA) is 51.2 Å². The van der Waals surface area contributed by atoms with Crippen molar-refractivity contribution >= 4 is 92.2 Å². The first-order valence-electron chi connectivity index (χ1n) is 17.5. The maximum Gasteiger partial charge on any atom is 0.341 e. The Balaban J connectivity index is 1.79. The Bertz CT molecular complexity index is 2130. The fourth-order valence-electron chi connectivity index (χ4n) is 6.73. The first-order valence-corrected chi connectivity index (χ1v) is 20.6. The number of carbonyl (C=O) groups excluding carboxylic acids is 1. The molecular formula is C44H40Br4N2O4. The van der Waals surface area contributed by atoms with Crippen molar-refractivity contribution in [2.75, 3.05) is 51.2 Å². The molecule has 5 aromatic rings. The van der Waals surface area contributed by atoms with Gasteiger partial charge in [-0.2, -0.15) is 0 Å². The quantitative estimate of drug-likeness (QED) is 0.0705. The molecule has 0 fully saturated rings. The molecule has 54 heavy (non-hydrogen) atoms. The number of esters is 1. The number of fused-ring (bicyclic) bond motifs is 1. The zero-order valence-electron chi connectivity index (χ0n) is 30.8. The highest BCUT2D eigenvalue weighted by atomic mass is 79.9. The standard InChI is InChI=1S/C44H40Br4N2O4/c1-7-52-29-21-17-27(18-22-29)33(31-13-9-11-15-35(31)49(3)4)25-44(38-37(43(51)54-44)39(45)41(47)42(48)40(38)46)26-34(28-19-23-30(24-20-28)53-8-2)32-14-10-12-16-36(32)50(5)6/h9-26H,7-8H2,1-6H3/b33-25-,34-26-. The highest BCUT2D eigenvalue weighted by molar-refractivity contribution is 9.15. The van der Waals surface area contributed by atoms with Gasteiger partial charge in [-0.25, -0.2) is 4.79 Å². The van der Waals surface area contributed by atoms with Gasteiger partial charge >= 0.3 is 5.97 Å². The van der Waals surface area contributed by atoms with Crippen molar-refractivity contribution in [3.05, 3.63) is 160 Å². The van der Waals surface area contributed by atoms with Crippen molar-refractivity contribution in [2.45, 2.75) is 19.4 Å². The van der Waals surface area contributed by atoms with Crippen LogP contribution in [0.3, 0.4) is 0 Å². The van der Waals surface area contributed by atoms with Gasteiger partial charge in [0.15, 0.2) is 5.60 Å². The minimum atomic E-state index is -1.43. The van der Waals surface area contributed by atoms with Crippen molar-refractivity contribution in [3.63, 3.8) is 0 Å². The number of para-hydroxylation sites is 2. The summed E-state index contributed by atoms with van der Waals surface area (Å²) >= 11 is 15.2. The van der Waals surface area contributed by atoms with Crippen LogP contribution in [0.4, 0.5) is 11.4 Å². The van der Waals surface area contributed by atoms with Gasteiger partial charge in [0.2, 0.25) is 0 Å². The first-order chi connectivity index (χ1) is 25.9. The number of carbonyl (C=O) groups is 1. The predicted molar refractivity (Wildman–Crippen MR) is 235 cm³/mol. The van der Waals surface area contributed by atoms with Crippen LogP contribution in [0.1, 0.15) is 52.0 Å². The molecule has 0 aromatic heterocycles. The van der Waals surface area contributed by atoms with Gasteiger partial charge < -0.3 is 24.0 Å². The van der Waals surface area contributed by atoms with Crippen LogP contribution in [-0.2, 0) is 10.3 Å². The maximum atomic E-state index is 14.4. The minimum absolute atomic E-state index is 0.420. The molecule has 0 atom stereocenters. The third kappa shape index (κ3) is 7.81. The summed E-state index contributed by atoms with van der Waals surface area (Å²) in [7, 11) is 8.11. The lowest BCUT2D eigenvalue weighted by atomic mass is 9.82. The van der Waals surface area contributed by atoms with E-state index in [1.807, 2.05) is 90.6 Å². The van der Waals surface area contributed by atoms with Gasteiger partial charge in [-0.3, -0.25) is 0 Å². The molecule has 0 amide bonds. The Morgan fingerprint density at radius 2 is 1.02 bits per heavy atom. The summed E-state index contributed by atoms with van der Waals surface area (Å²) in [6, 6.07) is 32.6. The van der Waals surface area contributed by atoms with E-state index in [0.717, 1.165) is 60.7 Å². The molecule has 0 spiro atoms. The second-order valence-corrected chi connectivity index (χ2v) is 16.2. The van der Waals surface area contributed by atoms with Crippen LogP contribution in [0, 0.1) is 0 Å². The summed E-state index contributed by atoms with van der Waals surface area (Å²) in [5.74, 6) is 1.08. The molecule has 278 valence electrons. The van der Waals surface area contributed by atoms with E-state index >= 15 is 0 Å². The highest BCUT2D eigenvalue weighted by Crippen LogP contribution is 2.54. The van der Waals surface area contributed by atoms with Gasteiger partial charge in [-0.15, -0.1) is 0 Å². The molecule has 0 unspecified atom stereocenters. The van der Waals surface area contributed by atoms with Gasteiger partial charge in [-0.05, 0) is 148 Å². The molecule has 1 aliphatic rings. The molecule has 0 saturated carbocycles. The molecule has 10 heteroatoms. The Kier molecular flexibility index (Phi) is 12.5. The van der Waals surface area contributed by atoms with Crippen LogP contribution < -0.4 is 19.3 Å². The first kappa shape index (κ1) is 39.9. The molecule has 1 aliphatic heterocycles. The Labute approximate surface area is 351 Å². The average Bonchev–Trinajstić information content (AvgIpc) is 3.46. The van der Waals surface area contributed by atoms with E-state index in [-0.39, 0.29) is 0 Å². The van der Waals surface area contributed by atoms with E-state index in [9.17, 15) is 4.79 Å². The number of anilines is 2. The molecule has 0 bridgehead atoms. The molecule has 6 rings (SSSR count). The van der Waals surface area contributed by atoms with Crippen LogP contribution in [0.25, 0.3) is 11.1 Å². The third-order valence-corrected chi connectivity index (χ3v) is 13.9. The lowest BCUT2D eigenvalue weighted by Gasteiger charge is -2.29. The lowest BCUT2D eigenvalue weighted by molar-refractivity contribution is 0.0298. The van der Waals surface area contributed by atoms with Crippen LogP contribution in [0.2, 0.25) is 0 Å². The number of ether oxygens (including phenoxy) is 3. The van der Waals surface area contributed by atoms with Gasteiger partial charge in [0, 0.05) is 74.1 Å². The lowest BCUT2D eigenvalue weighted by Crippen LogP contribution is -2.24. The summed E-state index contributed by atoms with van der Waals surface area (Å²) < 4.78 is 21.2. The Hall–Kier alpha value is -3.83. The molecule has 0 saturated heterocycles. The normalized spacial score (nSPS) is 13.7. The number of hydrogen-bond donors (Lipinski definition) is 0. The summed E-state index contributed by atoms with van der Waals surface area (Å²) in [6.45, 7) is 5.05. The van der Waals surface area contributed by atoms with Crippen molar-refractivity contribution < 1.29 is 19.0 Å². The summed E-state index contributed by atoms with van der Waals surface area (Å²) in [4.78, 5) is 18.6. The molecule has 0 aliphatic carbocycles. The van der Waals surface area contributed by atoms with Crippen molar-refractivity contribution in [2.24, 2.45) is 0 Å². The Morgan fingerprint density at radius 3 is 1.43 bits per heavy atom. The van der Waals surface area contributed by atoms with Gasteiger partial charge in [0.1, 0.15) is 11.5 Å². The smallest absolute Gasteiger partial charge is 0.341 e. The van der Waals surface area contributed by atoms with E-state index in [0.29, 0.717) is 37.8 Å². The number of benzene rings is 5. The van der Waals surface area contributed by atoms with Gasteiger partial charge in [-0.1, -0.05) is 60.7 Å². The van der Waals surface area contributed by atoms with Gasteiger partial charge in [0.05, 0.1) is 18.8 Å². The largest absolute Gasteiger partial charge is 0.494 e. The fourth-order valence-corrected chi connectivity index (χ4v) is 9.32.